The molecule has 3 rings (SSSR count). The van der Waals surface area contributed by atoms with Crippen molar-refractivity contribution in [1.82, 2.24) is 0 Å². The van der Waals surface area contributed by atoms with E-state index in [9.17, 15) is 0 Å². The second kappa shape index (κ2) is 5.91. The van der Waals surface area contributed by atoms with Gasteiger partial charge in [-0.3, -0.25) is 0 Å². The van der Waals surface area contributed by atoms with Crippen LogP contribution in [0.1, 0.15) is 66.2 Å². The van der Waals surface area contributed by atoms with Crippen molar-refractivity contribution in [2.75, 3.05) is 0 Å². The lowest BCUT2D eigenvalue weighted by Crippen LogP contribution is -2.54. The van der Waals surface area contributed by atoms with E-state index in [1.54, 1.807) is 0 Å². The lowest BCUT2D eigenvalue weighted by Gasteiger charge is -2.40. The molecule has 2 unspecified atom stereocenters. The zero-order chi connectivity index (χ0) is 16.7. The first kappa shape index (κ1) is 17.0. The van der Waals surface area contributed by atoms with Crippen molar-refractivity contribution >= 4 is 7.12 Å². The summed E-state index contributed by atoms with van der Waals surface area (Å²) in [4.78, 5) is 0. The van der Waals surface area contributed by atoms with Crippen LogP contribution in [0.5, 0.6) is 0 Å². The molecule has 1 saturated heterocycles. The largest absolute Gasteiger partial charge is 0.496 e. The Morgan fingerprint density at radius 3 is 2.26 bits per heavy atom. The van der Waals surface area contributed by atoms with Crippen molar-refractivity contribution in [2.45, 2.75) is 89.0 Å². The molecule has 4 nitrogen and oxygen atoms in total. The Bertz CT molecular complexity index is 503. The van der Waals surface area contributed by atoms with Crippen molar-refractivity contribution in [3.63, 3.8) is 0 Å². The Labute approximate surface area is 140 Å². The van der Waals surface area contributed by atoms with Crippen LogP contribution in [0.2, 0.25) is 0 Å². The van der Waals surface area contributed by atoms with Crippen molar-refractivity contribution in [3.05, 3.63) is 12.2 Å². The van der Waals surface area contributed by atoms with E-state index < -0.39 is 12.6 Å². The number of nitrogens with zero attached hydrogens (tertiary/aromatic N) is 1. The molecule has 0 amide bonds. The number of rotatable bonds is 3. The van der Waals surface area contributed by atoms with E-state index in [0.29, 0.717) is 12.3 Å². The van der Waals surface area contributed by atoms with Crippen LogP contribution >= 0.6 is 0 Å². The van der Waals surface area contributed by atoms with Crippen LogP contribution in [0, 0.1) is 17.2 Å². The van der Waals surface area contributed by atoms with Gasteiger partial charge in [0.25, 0.3) is 0 Å². The smallest absolute Gasteiger partial charge is 0.401 e. The molecule has 0 N–H and O–H groups in total. The number of hydrogen-bond acceptors (Lipinski definition) is 4. The molecule has 2 atom stereocenters. The Kier molecular flexibility index (Phi) is 4.37. The normalized spacial score (nSPS) is 36.3. The second-order valence-corrected chi connectivity index (χ2v) is 8.15. The van der Waals surface area contributed by atoms with Gasteiger partial charge in [0.05, 0.1) is 29.8 Å². The SMILES string of the molecule is CC1(C)OB(C2(C3CCCCC3)C=CC(CC#N)O2)OC1(C)C. The highest BCUT2D eigenvalue weighted by Gasteiger charge is 2.63. The molecule has 1 aliphatic carbocycles. The van der Waals surface area contributed by atoms with Crippen molar-refractivity contribution in [2.24, 2.45) is 5.92 Å². The molecule has 0 aromatic heterocycles. The first-order valence-corrected chi connectivity index (χ1v) is 8.90. The van der Waals surface area contributed by atoms with Gasteiger partial charge in [-0.2, -0.15) is 5.26 Å². The Morgan fingerprint density at radius 1 is 1.09 bits per heavy atom. The highest BCUT2D eigenvalue weighted by atomic mass is 16.7. The summed E-state index contributed by atoms with van der Waals surface area (Å²) in [6.07, 6.45) is 10.4. The third-order valence-corrected chi connectivity index (χ3v) is 6.08. The van der Waals surface area contributed by atoms with Crippen molar-refractivity contribution < 1.29 is 14.0 Å². The summed E-state index contributed by atoms with van der Waals surface area (Å²) >= 11 is 0. The maximum atomic E-state index is 9.01. The van der Waals surface area contributed by atoms with E-state index in [1.165, 1.54) is 19.3 Å². The lowest BCUT2D eigenvalue weighted by atomic mass is 9.57. The minimum atomic E-state index is -0.549. The predicted octanol–water partition coefficient (Wildman–Crippen LogP) is 3.81. The van der Waals surface area contributed by atoms with Crippen LogP contribution in [0.4, 0.5) is 0 Å². The highest BCUT2D eigenvalue weighted by Crippen LogP contribution is 2.48. The van der Waals surface area contributed by atoms with Crippen LogP contribution in [0.3, 0.4) is 0 Å². The van der Waals surface area contributed by atoms with E-state index in [1.807, 2.05) is 6.08 Å². The van der Waals surface area contributed by atoms with Gasteiger partial charge in [0.2, 0.25) is 0 Å². The number of hydrogen-bond donors (Lipinski definition) is 0. The van der Waals surface area contributed by atoms with Gasteiger partial charge < -0.3 is 14.0 Å². The fourth-order valence-corrected chi connectivity index (χ4v) is 3.94. The maximum Gasteiger partial charge on any atom is 0.496 e. The quantitative estimate of drug-likeness (QED) is 0.587. The van der Waals surface area contributed by atoms with Gasteiger partial charge >= 0.3 is 7.12 Å². The van der Waals surface area contributed by atoms with Crippen LogP contribution in [0.15, 0.2) is 12.2 Å². The molecule has 126 valence electrons. The molecule has 3 aliphatic rings. The third kappa shape index (κ3) is 2.86. The van der Waals surface area contributed by atoms with Crippen LogP contribution in [-0.4, -0.2) is 29.9 Å². The topological polar surface area (TPSA) is 51.5 Å². The summed E-state index contributed by atoms with van der Waals surface area (Å²) in [7, 11) is -0.407. The van der Waals surface area contributed by atoms with Crippen molar-refractivity contribution in [3.8, 4) is 6.07 Å². The van der Waals surface area contributed by atoms with E-state index in [-0.39, 0.29) is 17.3 Å². The molecule has 2 aliphatic heterocycles. The Morgan fingerprint density at radius 2 is 1.70 bits per heavy atom. The summed E-state index contributed by atoms with van der Waals surface area (Å²) < 4.78 is 19.1. The van der Waals surface area contributed by atoms with E-state index >= 15 is 0 Å². The van der Waals surface area contributed by atoms with Gasteiger partial charge in [-0.15, -0.1) is 0 Å². The summed E-state index contributed by atoms with van der Waals surface area (Å²) in [6, 6.07) is 2.22. The van der Waals surface area contributed by atoms with Crippen molar-refractivity contribution in [1.29, 1.82) is 5.26 Å². The van der Waals surface area contributed by atoms with E-state index in [4.69, 9.17) is 19.3 Å². The molecule has 2 fully saturated rings. The van der Waals surface area contributed by atoms with Gasteiger partial charge in [-0.05, 0) is 46.5 Å². The maximum absolute atomic E-state index is 9.01. The minimum absolute atomic E-state index is 0.152. The monoisotopic (exact) mass is 317 g/mol. The first-order valence-electron chi connectivity index (χ1n) is 8.90. The molecule has 0 bridgehead atoms. The van der Waals surface area contributed by atoms with E-state index in [2.05, 4.69) is 39.8 Å². The number of ether oxygens (including phenoxy) is 1. The minimum Gasteiger partial charge on any atom is -0.401 e. The zero-order valence-corrected chi connectivity index (χ0v) is 14.8. The van der Waals surface area contributed by atoms with Gasteiger partial charge in [-0.25, -0.2) is 0 Å². The molecule has 2 heterocycles. The Balaban J connectivity index is 1.88. The summed E-state index contributed by atoms with van der Waals surface area (Å²) in [5, 5.41) is 9.01. The molecule has 5 heteroatoms. The lowest BCUT2D eigenvalue weighted by molar-refractivity contribution is -0.0395. The Hall–Kier alpha value is -0.825. The molecule has 23 heavy (non-hydrogen) atoms. The first-order chi connectivity index (χ1) is 10.8. The van der Waals surface area contributed by atoms with Gasteiger partial charge in [0, 0.05) is 0 Å². The molecule has 1 saturated carbocycles. The van der Waals surface area contributed by atoms with Gasteiger partial charge in [0.15, 0.2) is 0 Å². The highest BCUT2D eigenvalue weighted by molar-refractivity contribution is 6.50. The zero-order valence-electron chi connectivity index (χ0n) is 14.8. The summed E-state index contributed by atoms with van der Waals surface area (Å²) in [5.41, 5.74) is -1.29. The summed E-state index contributed by atoms with van der Waals surface area (Å²) in [6.45, 7) is 8.31. The average Bonchev–Trinajstić information content (AvgIpc) is 3.01. The second-order valence-electron chi connectivity index (χ2n) is 8.15. The predicted molar refractivity (Wildman–Crippen MR) is 89.6 cm³/mol. The average molecular weight is 317 g/mol. The fraction of sp³-hybridized carbons (Fsp3) is 0.833. The molecule has 0 aromatic carbocycles. The molecular formula is C18H28BNO3. The van der Waals surface area contributed by atoms with Crippen LogP contribution in [-0.2, 0) is 14.0 Å². The molecule has 0 spiro atoms. The molecule has 0 radical (unpaired) electrons. The van der Waals surface area contributed by atoms with Crippen LogP contribution < -0.4 is 0 Å². The number of nitriles is 1. The fourth-order valence-electron chi connectivity index (χ4n) is 3.94. The van der Waals surface area contributed by atoms with Gasteiger partial charge in [0.1, 0.15) is 5.50 Å². The third-order valence-electron chi connectivity index (χ3n) is 6.08. The van der Waals surface area contributed by atoms with E-state index in [0.717, 1.165) is 12.8 Å². The van der Waals surface area contributed by atoms with Crippen LogP contribution in [0.25, 0.3) is 0 Å². The molecule has 0 aromatic rings. The van der Waals surface area contributed by atoms with Gasteiger partial charge in [-0.1, -0.05) is 31.4 Å². The summed E-state index contributed by atoms with van der Waals surface area (Å²) in [5.74, 6) is 0.394. The standard InChI is InChI=1S/C18H28BNO3/c1-16(2)17(3,4)23-19(22-16)18(14-8-6-5-7-9-14)12-10-15(21-18)11-13-20/h10,12,14-15H,5-9,11H2,1-4H3. The molecular weight excluding hydrogens is 289 g/mol.